The van der Waals surface area contributed by atoms with E-state index in [2.05, 4.69) is 59.5 Å². The fourth-order valence-corrected chi connectivity index (χ4v) is 6.61. The van der Waals surface area contributed by atoms with E-state index >= 15 is 0 Å². The summed E-state index contributed by atoms with van der Waals surface area (Å²) < 4.78 is 11.7. The van der Waals surface area contributed by atoms with E-state index in [9.17, 15) is 14.7 Å². The Kier molecular flexibility index (Phi) is 11.9. The summed E-state index contributed by atoms with van der Waals surface area (Å²) in [6, 6.07) is 27.9. The van der Waals surface area contributed by atoms with Crippen LogP contribution in [0.25, 0.3) is 11.1 Å². The number of esters is 1. The molecular formula is C38H45NO5. The van der Waals surface area contributed by atoms with Gasteiger partial charge < -0.3 is 14.6 Å². The van der Waals surface area contributed by atoms with Crippen LogP contribution in [0.15, 0.2) is 97.1 Å². The normalized spacial score (nSPS) is 22.3. The van der Waals surface area contributed by atoms with Gasteiger partial charge in [0.15, 0.2) is 12.4 Å². The van der Waals surface area contributed by atoms with E-state index in [-0.39, 0.29) is 48.9 Å². The van der Waals surface area contributed by atoms with Crippen molar-refractivity contribution in [2.24, 2.45) is 5.92 Å². The molecule has 1 heterocycles. The second kappa shape index (κ2) is 16.5. The van der Waals surface area contributed by atoms with Crippen molar-refractivity contribution >= 4 is 11.8 Å². The van der Waals surface area contributed by atoms with Crippen LogP contribution in [0.1, 0.15) is 67.3 Å². The SMILES string of the molecule is O=C(CCC=CCC[C@@H]1[C@@H](N2CCCCC2)[C@@H](O)C[C@@H]1OCc1ccc(-c2ccccc2)cc1)OCC(=O)c1ccccc1. The molecule has 1 aliphatic carbocycles. The lowest BCUT2D eigenvalue weighted by Crippen LogP contribution is -2.47. The molecule has 6 heteroatoms. The third kappa shape index (κ3) is 8.98. The van der Waals surface area contributed by atoms with Crippen molar-refractivity contribution in [2.75, 3.05) is 19.7 Å². The summed E-state index contributed by atoms with van der Waals surface area (Å²) in [5.74, 6) is -0.323. The summed E-state index contributed by atoms with van der Waals surface area (Å²) in [4.78, 5) is 26.8. The molecule has 2 fully saturated rings. The highest BCUT2D eigenvalue weighted by Crippen LogP contribution is 2.38. The first kappa shape index (κ1) is 31.8. The molecule has 3 aromatic rings. The molecule has 5 rings (SSSR count). The number of hydrogen-bond acceptors (Lipinski definition) is 6. The largest absolute Gasteiger partial charge is 0.457 e. The number of aliphatic hydroxyl groups excluding tert-OH is 1. The van der Waals surface area contributed by atoms with Gasteiger partial charge in [0.2, 0.25) is 0 Å². The maximum atomic E-state index is 12.2. The third-order valence-electron chi connectivity index (χ3n) is 8.93. The van der Waals surface area contributed by atoms with Gasteiger partial charge in [-0.05, 0) is 61.9 Å². The van der Waals surface area contributed by atoms with Crippen LogP contribution in [-0.4, -0.2) is 59.7 Å². The number of benzene rings is 3. The van der Waals surface area contributed by atoms with Gasteiger partial charge in [0.05, 0.1) is 18.8 Å². The molecule has 1 saturated carbocycles. The zero-order chi connectivity index (χ0) is 30.6. The number of ether oxygens (including phenoxy) is 2. The summed E-state index contributed by atoms with van der Waals surface area (Å²) in [6.45, 7) is 2.38. The lowest BCUT2D eigenvalue weighted by molar-refractivity contribution is -0.142. The highest BCUT2D eigenvalue weighted by atomic mass is 16.5. The highest BCUT2D eigenvalue weighted by molar-refractivity contribution is 5.97. The molecule has 1 N–H and O–H groups in total. The molecule has 0 bridgehead atoms. The molecule has 6 nitrogen and oxygen atoms in total. The van der Waals surface area contributed by atoms with Crippen molar-refractivity contribution in [3.8, 4) is 11.1 Å². The number of carbonyl (C=O) groups is 2. The van der Waals surface area contributed by atoms with E-state index in [1.807, 2.05) is 18.2 Å². The molecule has 0 amide bonds. The predicted molar refractivity (Wildman–Crippen MR) is 173 cm³/mol. The highest BCUT2D eigenvalue weighted by Gasteiger charge is 2.45. The van der Waals surface area contributed by atoms with Crippen LogP contribution in [0.4, 0.5) is 0 Å². The van der Waals surface area contributed by atoms with Crippen LogP contribution >= 0.6 is 0 Å². The van der Waals surface area contributed by atoms with E-state index in [1.54, 1.807) is 24.3 Å². The van der Waals surface area contributed by atoms with Gasteiger partial charge in [0.25, 0.3) is 0 Å². The second-order valence-corrected chi connectivity index (χ2v) is 12.0. The number of allylic oxidation sites excluding steroid dienone is 2. The van der Waals surface area contributed by atoms with Gasteiger partial charge in [-0.3, -0.25) is 14.5 Å². The Bertz CT molecular complexity index is 1330. The fraction of sp³-hybridized carbons (Fsp3) is 0.421. The Morgan fingerprint density at radius 3 is 2.20 bits per heavy atom. The molecule has 0 unspecified atom stereocenters. The second-order valence-electron chi connectivity index (χ2n) is 12.0. The summed E-state index contributed by atoms with van der Waals surface area (Å²) in [5.41, 5.74) is 4.07. The fourth-order valence-electron chi connectivity index (χ4n) is 6.61. The first-order valence-corrected chi connectivity index (χ1v) is 16.2. The first-order chi connectivity index (χ1) is 21.6. The predicted octanol–water partition coefficient (Wildman–Crippen LogP) is 7.02. The minimum Gasteiger partial charge on any atom is -0.457 e. The average Bonchev–Trinajstić information content (AvgIpc) is 3.39. The van der Waals surface area contributed by atoms with E-state index in [0.717, 1.165) is 31.5 Å². The number of hydrogen-bond donors (Lipinski definition) is 1. The molecule has 0 aromatic heterocycles. The van der Waals surface area contributed by atoms with Gasteiger partial charge in [-0.2, -0.15) is 0 Å². The van der Waals surface area contributed by atoms with Gasteiger partial charge in [-0.15, -0.1) is 0 Å². The average molecular weight is 596 g/mol. The van der Waals surface area contributed by atoms with Crippen molar-refractivity contribution in [3.63, 3.8) is 0 Å². The summed E-state index contributed by atoms with van der Waals surface area (Å²) in [7, 11) is 0. The summed E-state index contributed by atoms with van der Waals surface area (Å²) >= 11 is 0. The van der Waals surface area contributed by atoms with Crippen molar-refractivity contribution < 1.29 is 24.2 Å². The summed E-state index contributed by atoms with van der Waals surface area (Å²) in [6.07, 6.45) is 10.6. The molecule has 232 valence electrons. The molecule has 1 aliphatic heterocycles. The molecule has 3 aromatic carbocycles. The number of nitrogens with zero attached hydrogens (tertiary/aromatic N) is 1. The topological polar surface area (TPSA) is 76.1 Å². The monoisotopic (exact) mass is 595 g/mol. The van der Waals surface area contributed by atoms with E-state index in [0.29, 0.717) is 25.0 Å². The van der Waals surface area contributed by atoms with Crippen LogP contribution in [0.5, 0.6) is 0 Å². The maximum Gasteiger partial charge on any atom is 0.306 e. The number of Topliss-reactive ketones (excluding diaryl/α,β-unsaturated/α-hetero) is 1. The molecule has 2 aliphatic rings. The molecule has 4 atom stereocenters. The molecule has 0 spiro atoms. The molecule has 44 heavy (non-hydrogen) atoms. The van der Waals surface area contributed by atoms with Crippen molar-refractivity contribution in [1.82, 2.24) is 4.90 Å². The van der Waals surface area contributed by atoms with Gasteiger partial charge >= 0.3 is 5.97 Å². The number of aliphatic hydroxyl groups is 1. The standard InChI is InChI=1S/C38H45NO5/c40-34-26-36(43-27-29-20-22-31(23-21-29)30-14-6-3-7-15-30)33(38(34)39-24-12-5-13-25-39)18-10-1-2-11-19-37(42)44-28-35(41)32-16-8-4-9-17-32/h1-4,6-9,14-17,20-23,33-34,36,38,40H,5,10-13,18-19,24-28H2/t33-,34-,36-,38+/m0/s1. The van der Waals surface area contributed by atoms with Gasteiger partial charge in [0.1, 0.15) is 0 Å². The Labute approximate surface area is 261 Å². The number of ketones is 1. The van der Waals surface area contributed by atoms with Crippen molar-refractivity contribution in [1.29, 1.82) is 0 Å². The zero-order valence-corrected chi connectivity index (χ0v) is 25.6. The summed E-state index contributed by atoms with van der Waals surface area (Å²) in [5, 5.41) is 11.2. The quantitative estimate of drug-likeness (QED) is 0.123. The Morgan fingerprint density at radius 1 is 0.818 bits per heavy atom. The third-order valence-corrected chi connectivity index (χ3v) is 8.93. The molecular weight excluding hydrogens is 550 g/mol. The van der Waals surface area contributed by atoms with Crippen LogP contribution < -0.4 is 0 Å². The number of carbonyl (C=O) groups excluding carboxylic acids is 2. The van der Waals surface area contributed by atoms with Gasteiger partial charge in [0, 0.05) is 30.4 Å². The Morgan fingerprint density at radius 2 is 1.48 bits per heavy atom. The van der Waals surface area contributed by atoms with Crippen molar-refractivity contribution in [2.45, 2.75) is 76.2 Å². The van der Waals surface area contributed by atoms with E-state index in [4.69, 9.17) is 9.47 Å². The maximum absolute atomic E-state index is 12.2. The molecule has 1 saturated heterocycles. The first-order valence-electron chi connectivity index (χ1n) is 16.2. The lowest BCUT2D eigenvalue weighted by atomic mass is 9.92. The lowest BCUT2D eigenvalue weighted by Gasteiger charge is -2.38. The van der Waals surface area contributed by atoms with Crippen LogP contribution in [0.3, 0.4) is 0 Å². The Hall–Kier alpha value is -3.58. The van der Waals surface area contributed by atoms with Crippen LogP contribution in [0.2, 0.25) is 0 Å². The van der Waals surface area contributed by atoms with Crippen LogP contribution in [-0.2, 0) is 20.9 Å². The smallest absolute Gasteiger partial charge is 0.306 e. The Balaban J connectivity index is 1.11. The minimum atomic E-state index is -0.388. The van der Waals surface area contributed by atoms with Crippen LogP contribution in [0, 0.1) is 5.92 Å². The number of rotatable bonds is 14. The minimum absolute atomic E-state index is 0.00347. The molecule has 0 radical (unpaired) electrons. The van der Waals surface area contributed by atoms with E-state index in [1.165, 1.54) is 30.4 Å². The van der Waals surface area contributed by atoms with Gasteiger partial charge in [-0.1, -0.05) is 104 Å². The van der Waals surface area contributed by atoms with Gasteiger partial charge in [-0.25, -0.2) is 0 Å². The van der Waals surface area contributed by atoms with E-state index < -0.39 is 0 Å². The number of piperidine rings is 1. The van der Waals surface area contributed by atoms with Crippen molar-refractivity contribution in [3.05, 3.63) is 108 Å². The zero-order valence-electron chi connectivity index (χ0n) is 25.6. The number of likely N-dealkylation sites (tertiary alicyclic amines) is 1.